The molecule has 0 bridgehead atoms. The highest BCUT2D eigenvalue weighted by molar-refractivity contribution is 5.93. The second-order valence-corrected chi connectivity index (χ2v) is 4.85. The van der Waals surface area contributed by atoms with Crippen molar-refractivity contribution in [2.75, 3.05) is 0 Å². The van der Waals surface area contributed by atoms with E-state index in [-0.39, 0.29) is 12.1 Å². The van der Waals surface area contributed by atoms with Crippen molar-refractivity contribution in [2.24, 2.45) is 0 Å². The number of aromatic nitrogens is 2. The summed E-state index contributed by atoms with van der Waals surface area (Å²) in [6, 6.07) is 2.75. The van der Waals surface area contributed by atoms with Gasteiger partial charge < -0.3 is 5.32 Å². The molecule has 1 atom stereocenters. The van der Waals surface area contributed by atoms with Gasteiger partial charge in [-0.1, -0.05) is 12.0 Å². The van der Waals surface area contributed by atoms with Gasteiger partial charge in [0.15, 0.2) is 11.6 Å². The lowest BCUT2D eigenvalue weighted by molar-refractivity contribution is 0.0945. The fourth-order valence-corrected chi connectivity index (χ4v) is 1.87. The molecule has 1 aromatic heterocycles. The molecule has 0 aliphatic carbocycles. The lowest BCUT2D eigenvalue weighted by Gasteiger charge is -2.10. The third-order valence-corrected chi connectivity index (χ3v) is 3.08. The molecular weight excluding hydrogens is 304 g/mol. The Balaban J connectivity index is 2.29. The van der Waals surface area contributed by atoms with Crippen LogP contribution < -0.4 is 10.9 Å². The smallest absolute Gasteiger partial charge is 0.266 e. The van der Waals surface area contributed by atoms with Gasteiger partial charge in [-0.25, -0.2) is 13.8 Å². The first-order valence-electron chi connectivity index (χ1n) is 6.67. The van der Waals surface area contributed by atoms with E-state index in [9.17, 15) is 18.4 Å². The number of halogens is 2. The Bertz CT molecular complexity index is 840. The van der Waals surface area contributed by atoms with Crippen molar-refractivity contribution in [3.63, 3.8) is 0 Å². The van der Waals surface area contributed by atoms with E-state index in [2.05, 4.69) is 16.2 Å². The van der Waals surface area contributed by atoms with Gasteiger partial charge in [0.25, 0.3) is 11.5 Å². The largest absolute Gasteiger partial charge is 0.338 e. The van der Waals surface area contributed by atoms with Crippen LogP contribution in [-0.4, -0.2) is 21.5 Å². The molecule has 1 N–H and O–H groups in total. The van der Waals surface area contributed by atoms with E-state index in [1.807, 2.05) is 0 Å². The van der Waals surface area contributed by atoms with E-state index in [0.29, 0.717) is 5.56 Å². The van der Waals surface area contributed by atoms with Crippen LogP contribution in [0.25, 0.3) is 0 Å². The summed E-state index contributed by atoms with van der Waals surface area (Å²) in [5.74, 6) is -0.323. The monoisotopic (exact) mass is 317 g/mol. The van der Waals surface area contributed by atoms with E-state index in [0.717, 1.165) is 22.9 Å². The van der Waals surface area contributed by atoms with Gasteiger partial charge in [0.1, 0.15) is 5.56 Å². The summed E-state index contributed by atoms with van der Waals surface area (Å²) in [5.41, 5.74) is -0.425. The number of benzene rings is 1. The van der Waals surface area contributed by atoms with Gasteiger partial charge in [-0.05, 0) is 24.6 Å². The number of rotatable bonds is 4. The second-order valence-electron chi connectivity index (χ2n) is 4.85. The molecule has 23 heavy (non-hydrogen) atoms. The normalized spacial score (nSPS) is 11.6. The number of hydrogen-bond acceptors (Lipinski definition) is 3. The summed E-state index contributed by atoms with van der Waals surface area (Å²) < 4.78 is 27.3. The Morgan fingerprint density at radius 3 is 2.83 bits per heavy atom. The van der Waals surface area contributed by atoms with Crippen molar-refractivity contribution >= 4 is 5.91 Å². The molecule has 118 valence electrons. The van der Waals surface area contributed by atoms with Crippen LogP contribution in [-0.2, 0) is 6.54 Å². The van der Waals surface area contributed by atoms with Crippen molar-refractivity contribution in [2.45, 2.75) is 19.5 Å². The fourth-order valence-electron chi connectivity index (χ4n) is 1.87. The lowest BCUT2D eigenvalue weighted by atomic mass is 10.2. The van der Waals surface area contributed by atoms with E-state index in [1.54, 1.807) is 6.92 Å². The van der Waals surface area contributed by atoms with Gasteiger partial charge in [-0.2, -0.15) is 0 Å². The number of hydrogen-bond donors (Lipinski definition) is 1. The summed E-state index contributed by atoms with van der Waals surface area (Å²) in [5, 5.41) is 2.46. The van der Waals surface area contributed by atoms with E-state index >= 15 is 0 Å². The highest BCUT2D eigenvalue weighted by atomic mass is 19.2. The van der Waals surface area contributed by atoms with Gasteiger partial charge in [0, 0.05) is 6.20 Å². The molecule has 2 rings (SSSR count). The van der Waals surface area contributed by atoms with Crippen LogP contribution in [0, 0.1) is 24.0 Å². The first-order chi connectivity index (χ1) is 10.9. The number of terminal acetylenes is 1. The molecule has 1 aromatic carbocycles. The summed E-state index contributed by atoms with van der Waals surface area (Å²) in [4.78, 5) is 28.1. The topological polar surface area (TPSA) is 64.0 Å². The molecule has 0 spiro atoms. The molecule has 0 aliphatic heterocycles. The van der Waals surface area contributed by atoms with Crippen molar-refractivity contribution in [1.29, 1.82) is 0 Å². The molecule has 0 aliphatic rings. The maximum absolute atomic E-state index is 13.2. The van der Waals surface area contributed by atoms with Gasteiger partial charge in [0.2, 0.25) is 0 Å². The van der Waals surface area contributed by atoms with E-state index < -0.39 is 29.1 Å². The zero-order valence-electron chi connectivity index (χ0n) is 12.2. The Morgan fingerprint density at radius 2 is 2.17 bits per heavy atom. The van der Waals surface area contributed by atoms with Crippen LogP contribution in [0.15, 0.2) is 35.5 Å². The number of nitrogens with one attached hydrogen (secondary N) is 1. The Labute approximate surface area is 131 Å². The average Bonchev–Trinajstić information content (AvgIpc) is 2.52. The maximum Gasteiger partial charge on any atom is 0.266 e. The van der Waals surface area contributed by atoms with Crippen molar-refractivity contribution in [3.8, 4) is 12.3 Å². The number of carbonyl (C=O) groups is 1. The molecule has 5 nitrogen and oxygen atoms in total. The SMILES string of the molecule is C#CC(C)NC(=O)c1cncn(Cc2ccc(F)c(F)c2)c1=O. The summed E-state index contributed by atoms with van der Waals surface area (Å²) in [6.07, 6.45) is 7.51. The van der Waals surface area contributed by atoms with Gasteiger partial charge in [-0.3, -0.25) is 14.2 Å². The molecule has 0 saturated carbocycles. The molecule has 1 amide bonds. The quantitative estimate of drug-likeness (QED) is 0.865. The number of carbonyl (C=O) groups excluding carboxylic acids is 1. The fraction of sp³-hybridized carbons (Fsp3) is 0.188. The highest BCUT2D eigenvalue weighted by Crippen LogP contribution is 2.09. The Morgan fingerprint density at radius 1 is 1.43 bits per heavy atom. The molecular formula is C16H13F2N3O2. The van der Waals surface area contributed by atoms with Crippen molar-refractivity contribution in [3.05, 3.63) is 63.8 Å². The summed E-state index contributed by atoms with van der Waals surface area (Å²) >= 11 is 0. The maximum atomic E-state index is 13.2. The number of amides is 1. The van der Waals surface area contributed by atoms with Gasteiger partial charge in [0.05, 0.1) is 18.9 Å². The van der Waals surface area contributed by atoms with Gasteiger partial charge >= 0.3 is 0 Å². The van der Waals surface area contributed by atoms with Crippen molar-refractivity contribution in [1.82, 2.24) is 14.9 Å². The molecule has 0 fully saturated rings. The first kappa shape index (κ1) is 16.4. The first-order valence-corrected chi connectivity index (χ1v) is 6.67. The number of nitrogens with zero attached hydrogens (tertiary/aromatic N) is 2. The minimum atomic E-state index is -1.01. The average molecular weight is 317 g/mol. The zero-order chi connectivity index (χ0) is 17.0. The molecule has 0 saturated heterocycles. The van der Waals surface area contributed by atoms with E-state index in [1.165, 1.54) is 12.4 Å². The van der Waals surface area contributed by atoms with E-state index in [4.69, 9.17) is 6.42 Å². The third kappa shape index (κ3) is 3.80. The highest BCUT2D eigenvalue weighted by Gasteiger charge is 2.14. The Hall–Kier alpha value is -3.01. The lowest BCUT2D eigenvalue weighted by Crippen LogP contribution is -2.37. The minimum absolute atomic E-state index is 0.0468. The molecule has 2 aromatic rings. The van der Waals surface area contributed by atoms with Crippen LogP contribution >= 0.6 is 0 Å². The molecule has 1 heterocycles. The van der Waals surface area contributed by atoms with Crippen LogP contribution in [0.2, 0.25) is 0 Å². The zero-order valence-corrected chi connectivity index (χ0v) is 12.2. The van der Waals surface area contributed by atoms with Crippen LogP contribution in [0.5, 0.6) is 0 Å². The van der Waals surface area contributed by atoms with Gasteiger partial charge in [-0.15, -0.1) is 6.42 Å². The summed E-state index contributed by atoms with van der Waals surface area (Å²) in [6.45, 7) is 1.54. The Kier molecular flexibility index (Phi) is 4.86. The molecule has 0 radical (unpaired) electrons. The predicted octanol–water partition coefficient (Wildman–Crippen LogP) is 1.32. The second kappa shape index (κ2) is 6.83. The minimum Gasteiger partial charge on any atom is -0.338 e. The summed E-state index contributed by atoms with van der Waals surface area (Å²) in [7, 11) is 0. The van der Waals surface area contributed by atoms with Crippen LogP contribution in [0.3, 0.4) is 0 Å². The predicted molar refractivity (Wildman–Crippen MR) is 79.7 cm³/mol. The van der Waals surface area contributed by atoms with Crippen LogP contribution in [0.4, 0.5) is 8.78 Å². The molecule has 1 unspecified atom stereocenters. The van der Waals surface area contributed by atoms with Crippen molar-refractivity contribution < 1.29 is 13.6 Å². The van der Waals surface area contributed by atoms with Crippen LogP contribution in [0.1, 0.15) is 22.8 Å². The third-order valence-electron chi connectivity index (χ3n) is 3.08. The molecule has 7 heteroatoms. The standard InChI is InChI=1S/C16H13F2N3O2/c1-3-10(2)20-15(22)12-7-19-9-21(16(12)23)8-11-4-5-13(17)14(18)6-11/h1,4-7,9-10H,8H2,2H3,(H,20,22).